The molecule has 1 heterocycles. The first-order valence-corrected chi connectivity index (χ1v) is 9.35. The van der Waals surface area contributed by atoms with Gasteiger partial charge in [-0.15, -0.1) is 0 Å². The summed E-state index contributed by atoms with van der Waals surface area (Å²) >= 11 is 0. The highest BCUT2D eigenvalue weighted by Crippen LogP contribution is 2.24. The van der Waals surface area contributed by atoms with Crippen LogP contribution in [0, 0.1) is 13.8 Å². The van der Waals surface area contributed by atoms with Crippen LogP contribution in [0.2, 0.25) is 0 Å². The number of anilines is 2. The predicted molar refractivity (Wildman–Crippen MR) is 114 cm³/mol. The molecule has 6 heteroatoms. The van der Waals surface area contributed by atoms with E-state index >= 15 is 0 Å². The van der Waals surface area contributed by atoms with E-state index in [-0.39, 0.29) is 17.4 Å². The van der Waals surface area contributed by atoms with E-state index in [4.69, 9.17) is 4.74 Å². The number of aryl methyl sites for hydroxylation is 1. The number of pyridine rings is 1. The highest BCUT2D eigenvalue weighted by Gasteiger charge is 2.14. The number of amides is 2. The Morgan fingerprint density at radius 2 is 1.52 bits per heavy atom. The fourth-order valence-corrected chi connectivity index (χ4v) is 2.82. The third kappa shape index (κ3) is 4.79. The van der Waals surface area contributed by atoms with Crippen LogP contribution in [-0.4, -0.2) is 23.4 Å². The van der Waals surface area contributed by atoms with Crippen LogP contribution in [0.1, 0.15) is 38.8 Å². The summed E-state index contributed by atoms with van der Waals surface area (Å²) in [5.74, 6) is -0.110. The molecule has 0 unspecified atom stereocenters. The van der Waals surface area contributed by atoms with Gasteiger partial charge in [-0.25, -0.2) is 0 Å². The van der Waals surface area contributed by atoms with Crippen molar-refractivity contribution in [1.29, 1.82) is 0 Å². The number of nitrogens with zero attached hydrogens (tertiary/aromatic N) is 1. The molecule has 0 radical (unpaired) electrons. The molecule has 0 saturated carbocycles. The van der Waals surface area contributed by atoms with Gasteiger partial charge in [-0.2, -0.15) is 0 Å². The molecule has 3 rings (SSSR count). The largest absolute Gasteiger partial charge is 0.492 e. The molecule has 0 aliphatic carbocycles. The van der Waals surface area contributed by atoms with E-state index in [9.17, 15) is 9.59 Å². The SMILES string of the molecule is CCOc1ccccc1NC(=O)c1cncc(C(=O)Nc2cccc(C)c2C)c1. The molecule has 2 aromatic carbocycles. The number of para-hydroxylation sites is 2. The molecule has 6 nitrogen and oxygen atoms in total. The average Bonchev–Trinajstić information content (AvgIpc) is 2.73. The van der Waals surface area contributed by atoms with Crippen LogP contribution in [0.15, 0.2) is 60.9 Å². The molecule has 29 heavy (non-hydrogen) atoms. The summed E-state index contributed by atoms with van der Waals surface area (Å²) in [6.07, 6.45) is 2.86. The van der Waals surface area contributed by atoms with Crippen LogP contribution in [0.3, 0.4) is 0 Å². The Hall–Kier alpha value is -3.67. The summed E-state index contributed by atoms with van der Waals surface area (Å²) in [4.78, 5) is 29.4. The minimum Gasteiger partial charge on any atom is -0.492 e. The maximum absolute atomic E-state index is 12.7. The topological polar surface area (TPSA) is 80.3 Å². The molecule has 2 N–H and O–H groups in total. The van der Waals surface area contributed by atoms with Crippen molar-refractivity contribution in [1.82, 2.24) is 4.98 Å². The van der Waals surface area contributed by atoms with Crippen molar-refractivity contribution in [2.45, 2.75) is 20.8 Å². The van der Waals surface area contributed by atoms with Crippen LogP contribution in [-0.2, 0) is 0 Å². The molecule has 2 amide bonds. The molecule has 0 saturated heterocycles. The van der Waals surface area contributed by atoms with E-state index in [0.717, 1.165) is 16.8 Å². The van der Waals surface area contributed by atoms with Crippen molar-refractivity contribution in [3.63, 3.8) is 0 Å². The third-order valence-corrected chi connectivity index (χ3v) is 4.55. The number of rotatable bonds is 6. The van der Waals surface area contributed by atoms with Crippen LogP contribution >= 0.6 is 0 Å². The monoisotopic (exact) mass is 389 g/mol. The Morgan fingerprint density at radius 3 is 2.21 bits per heavy atom. The summed E-state index contributed by atoms with van der Waals surface area (Å²) < 4.78 is 5.53. The van der Waals surface area contributed by atoms with E-state index in [0.29, 0.717) is 23.6 Å². The van der Waals surface area contributed by atoms with Crippen LogP contribution in [0.4, 0.5) is 11.4 Å². The lowest BCUT2D eigenvalue weighted by atomic mass is 10.1. The quantitative estimate of drug-likeness (QED) is 0.646. The van der Waals surface area contributed by atoms with E-state index in [1.165, 1.54) is 18.5 Å². The molecular formula is C23H23N3O3. The average molecular weight is 389 g/mol. The van der Waals surface area contributed by atoms with Gasteiger partial charge < -0.3 is 15.4 Å². The fourth-order valence-electron chi connectivity index (χ4n) is 2.82. The molecule has 148 valence electrons. The van der Waals surface area contributed by atoms with Gasteiger partial charge in [-0.05, 0) is 56.2 Å². The maximum atomic E-state index is 12.7. The van der Waals surface area contributed by atoms with Gasteiger partial charge in [0.15, 0.2) is 0 Å². The van der Waals surface area contributed by atoms with Gasteiger partial charge in [-0.3, -0.25) is 14.6 Å². The van der Waals surface area contributed by atoms with Crippen LogP contribution in [0.5, 0.6) is 5.75 Å². The first kappa shape index (κ1) is 20.1. The molecule has 0 fully saturated rings. The summed E-state index contributed by atoms with van der Waals surface area (Å²) in [6.45, 7) is 6.30. The van der Waals surface area contributed by atoms with Crippen LogP contribution < -0.4 is 15.4 Å². The van der Waals surface area contributed by atoms with Crippen molar-refractivity contribution >= 4 is 23.2 Å². The van der Waals surface area contributed by atoms with Gasteiger partial charge in [-0.1, -0.05) is 24.3 Å². The minimum absolute atomic E-state index is 0.282. The predicted octanol–water partition coefficient (Wildman–Crippen LogP) is 4.60. The Balaban J connectivity index is 1.78. The van der Waals surface area contributed by atoms with Crippen molar-refractivity contribution in [3.05, 3.63) is 83.2 Å². The smallest absolute Gasteiger partial charge is 0.257 e. The third-order valence-electron chi connectivity index (χ3n) is 4.55. The number of hydrogen-bond donors (Lipinski definition) is 2. The highest BCUT2D eigenvalue weighted by molar-refractivity contribution is 6.08. The second-order valence-electron chi connectivity index (χ2n) is 6.55. The van der Waals surface area contributed by atoms with Crippen molar-refractivity contribution < 1.29 is 14.3 Å². The number of carbonyl (C=O) groups excluding carboxylic acids is 2. The zero-order valence-corrected chi connectivity index (χ0v) is 16.7. The Labute approximate surface area is 169 Å². The maximum Gasteiger partial charge on any atom is 0.257 e. The van der Waals surface area contributed by atoms with Gasteiger partial charge >= 0.3 is 0 Å². The molecular weight excluding hydrogens is 366 g/mol. The molecule has 0 atom stereocenters. The van der Waals surface area contributed by atoms with E-state index in [1.807, 2.05) is 51.1 Å². The van der Waals surface area contributed by atoms with Gasteiger partial charge in [0, 0.05) is 18.1 Å². The standard InChI is InChI=1S/C23H23N3O3/c1-4-29-21-11-6-5-9-20(21)26-23(28)18-12-17(13-24-14-18)22(27)25-19-10-7-8-15(2)16(19)3/h5-14H,4H2,1-3H3,(H,25,27)(H,26,28). The van der Waals surface area contributed by atoms with Gasteiger partial charge in [0.2, 0.25) is 0 Å². The second kappa shape index (κ2) is 9.01. The Bertz CT molecular complexity index is 1050. The lowest BCUT2D eigenvalue weighted by Gasteiger charge is -2.12. The lowest BCUT2D eigenvalue weighted by Crippen LogP contribution is -2.17. The van der Waals surface area contributed by atoms with Crippen LogP contribution in [0.25, 0.3) is 0 Å². The fraction of sp³-hybridized carbons (Fsp3) is 0.174. The Kier molecular flexibility index (Phi) is 6.24. The van der Waals surface area contributed by atoms with Gasteiger partial charge in [0.1, 0.15) is 5.75 Å². The number of carbonyl (C=O) groups is 2. The lowest BCUT2D eigenvalue weighted by molar-refractivity contribution is 0.102. The first-order chi connectivity index (χ1) is 14.0. The number of ether oxygens (including phenoxy) is 1. The van der Waals surface area contributed by atoms with E-state index < -0.39 is 0 Å². The first-order valence-electron chi connectivity index (χ1n) is 9.35. The van der Waals surface area contributed by atoms with Crippen molar-refractivity contribution in [3.8, 4) is 5.75 Å². The minimum atomic E-state index is -0.369. The normalized spacial score (nSPS) is 10.3. The zero-order chi connectivity index (χ0) is 20.8. The van der Waals surface area contributed by atoms with Crippen molar-refractivity contribution in [2.75, 3.05) is 17.2 Å². The van der Waals surface area contributed by atoms with E-state index in [2.05, 4.69) is 15.6 Å². The zero-order valence-electron chi connectivity index (χ0n) is 16.7. The summed E-state index contributed by atoms with van der Waals surface area (Å²) in [5, 5.41) is 5.69. The number of aromatic nitrogens is 1. The molecule has 0 spiro atoms. The number of hydrogen-bond acceptors (Lipinski definition) is 4. The molecule has 0 aliphatic heterocycles. The summed E-state index contributed by atoms with van der Waals surface area (Å²) in [5.41, 5.74) is 3.96. The summed E-state index contributed by atoms with van der Waals surface area (Å²) in [6, 6.07) is 14.4. The molecule has 1 aromatic heterocycles. The molecule has 0 bridgehead atoms. The Morgan fingerprint density at radius 1 is 0.897 bits per heavy atom. The highest BCUT2D eigenvalue weighted by atomic mass is 16.5. The van der Waals surface area contributed by atoms with Crippen molar-refractivity contribution in [2.24, 2.45) is 0 Å². The van der Waals surface area contributed by atoms with Gasteiger partial charge in [0.05, 0.1) is 23.4 Å². The van der Waals surface area contributed by atoms with Gasteiger partial charge in [0.25, 0.3) is 11.8 Å². The summed E-state index contributed by atoms with van der Waals surface area (Å²) in [7, 11) is 0. The number of nitrogens with one attached hydrogen (secondary N) is 2. The number of benzene rings is 2. The van der Waals surface area contributed by atoms with E-state index in [1.54, 1.807) is 12.1 Å². The molecule has 0 aliphatic rings. The molecule has 3 aromatic rings. The second-order valence-corrected chi connectivity index (χ2v) is 6.55.